The first-order valence-corrected chi connectivity index (χ1v) is 7.26. The van der Waals surface area contributed by atoms with E-state index in [1.165, 1.54) is 0 Å². The third-order valence-electron chi connectivity index (χ3n) is 3.73. The second-order valence-corrected chi connectivity index (χ2v) is 5.79. The lowest BCUT2D eigenvalue weighted by atomic mass is 10.1. The summed E-state index contributed by atoms with van der Waals surface area (Å²) in [5.74, 6) is 1.82. The van der Waals surface area contributed by atoms with Crippen molar-refractivity contribution in [3.05, 3.63) is 40.3 Å². The van der Waals surface area contributed by atoms with Crippen LogP contribution in [0.25, 0.3) is 10.4 Å². The van der Waals surface area contributed by atoms with Crippen molar-refractivity contribution in [3.8, 4) is 12.3 Å². The fraction of sp³-hybridized carbons (Fsp3) is 0.500. The molecule has 0 N–H and O–H groups in total. The summed E-state index contributed by atoms with van der Waals surface area (Å²) >= 11 is 0. The van der Waals surface area contributed by atoms with Crippen molar-refractivity contribution in [1.82, 2.24) is 0 Å². The van der Waals surface area contributed by atoms with Crippen molar-refractivity contribution < 1.29 is 18.9 Å². The Morgan fingerprint density at radius 2 is 2.17 bits per heavy atom. The van der Waals surface area contributed by atoms with Crippen molar-refractivity contribution in [3.63, 3.8) is 0 Å². The standard InChI is InChI=1S/C16H17N3O4/c1-4-12-13(14-15(21-12)23-16(2,3)22-14)20-9-10-7-5-6-8-11(10)18-19-17/h1,5-8,12-15H,9H2,2-3H3/t12-,13-,14-,15-/m1/s1. The van der Waals surface area contributed by atoms with E-state index in [2.05, 4.69) is 15.9 Å². The third-order valence-corrected chi connectivity index (χ3v) is 3.73. The molecular weight excluding hydrogens is 298 g/mol. The Kier molecular flexibility index (Phi) is 4.26. The summed E-state index contributed by atoms with van der Waals surface area (Å²) in [6, 6.07) is 7.20. The van der Waals surface area contributed by atoms with Crippen LogP contribution in [0.2, 0.25) is 0 Å². The summed E-state index contributed by atoms with van der Waals surface area (Å²) in [5, 5.41) is 3.65. The van der Waals surface area contributed by atoms with Gasteiger partial charge in [0.2, 0.25) is 0 Å². The van der Waals surface area contributed by atoms with Crippen LogP contribution in [-0.4, -0.2) is 30.4 Å². The van der Waals surface area contributed by atoms with E-state index in [1.54, 1.807) is 12.1 Å². The summed E-state index contributed by atoms with van der Waals surface area (Å²) in [5.41, 5.74) is 9.91. The Morgan fingerprint density at radius 3 is 2.91 bits per heavy atom. The fourth-order valence-electron chi connectivity index (χ4n) is 2.76. The lowest BCUT2D eigenvalue weighted by Crippen LogP contribution is -2.36. The number of ether oxygens (including phenoxy) is 4. The van der Waals surface area contributed by atoms with Crippen LogP contribution in [0.15, 0.2) is 29.4 Å². The summed E-state index contributed by atoms with van der Waals surface area (Å²) in [6.45, 7) is 3.86. The zero-order valence-corrected chi connectivity index (χ0v) is 12.9. The molecule has 0 amide bonds. The average Bonchev–Trinajstić information content (AvgIpc) is 2.98. The molecule has 0 aliphatic carbocycles. The quantitative estimate of drug-likeness (QED) is 0.370. The van der Waals surface area contributed by atoms with Crippen LogP contribution >= 0.6 is 0 Å². The van der Waals surface area contributed by atoms with Gasteiger partial charge in [0.05, 0.1) is 6.61 Å². The van der Waals surface area contributed by atoms with Crippen molar-refractivity contribution in [2.24, 2.45) is 5.11 Å². The van der Waals surface area contributed by atoms with Gasteiger partial charge in [0, 0.05) is 10.6 Å². The largest absolute Gasteiger partial charge is 0.367 e. The first-order valence-electron chi connectivity index (χ1n) is 7.26. The van der Waals surface area contributed by atoms with Crippen LogP contribution in [0.4, 0.5) is 5.69 Å². The van der Waals surface area contributed by atoms with Gasteiger partial charge in [-0.05, 0) is 24.9 Å². The van der Waals surface area contributed by atoms with Crippen molar-refractivity contribution in [1.29, 1.82) is 0 Å². The molecule has 1 aromatic rings. The minimum atomic E-state index is -0.737. The van der Waals surface area contributed by atoms with Crippen LogP contribution in [0.1, 0.15) is 19.4 Å². The smallest absolute Gasteiger partial charge is 0.191 e. The van der Waals surface area contributed by atoms with Crippen LogP contribution in [0.3, 0.4) is 0 Å². The van der Waals surface area contributed by atoms with E-state index in [-0.39, 0.29) is 6.61 Å². The van der Waals surface area contributed by atoms with Gasteiger partial charge in [-0.1, -0.05) is 35.3 Å². The summed E-state index contributed by atoms with van der Waals surface area (Å²) in [4.78, 5) is 2.82. The van der Waals surface area contributed by atoms with Gasteiger partial charge < -0.3 is 18.9 Å². The van der Waals surface area contributed by atoms with Gasteiger partial charge in [-0.2, -0.15) is 0 Å². The zero-order chi connectivity index (χ0) is 16.4. The number of rotatable bonds is 4. The van der Waals surface area contributed by atoms with E-state index < -0.39 is 30.4 Å². The molecule has 0 saturated carbocycles. The molecule has 7 heteroatoms. The maximum absolute atomic E-state index is 8.62. The fourth-order valence-corrected chi connectivity index (χ4v) is 2.76. The van der Waals surface area contributed by atoms with E-state index in [1.807, 2.05) is 26.0 Å². The molecule has 7 nitrogen and oxygen atoms in total. The third kappa shape index (κ3) is 3.17. The average molecular weight is 315 g/mol. The summed E-state index contributed by atoms with van der Waals surface area (Å²) < 4.78 is 23.1. The Morgan fingerprint density at radius 1 is 1.39 bits per heavy atom. The normalized spacial score (nSPS) is 31.2. The molecule has 4 atom stereocenters. The number of azide groups is 1. The minimum Gasteiger partial charge on any atom is -0.367 e. The Bertz CT molecular complexity index is 678. The van der Waals surface area contributed by atoms with Crippen molar-refractivity contribution in [2.45, 2.75) is 50.8 Å². The number of hydrogen-bond acceptors (Lipinski definition) is 5. The van der Waals surface area contributed by atoms with E-state index >= 15 is 0 Å². The van der Waals surface area contributed by atoms with Crippen LogP contribution in [0.5, 0.6) is 0 Å². The van der Waals surface area contributed by atoms with E-state index in [9.17, 15) is 0 Å². The maximum atomic E-state index is 8.62. The van der Waals surface area contributed by atoms with Gasteiger partial charge in [-0.3, -0.25) is 0 Å². The molecule has 120 valence electrons. The van der Waals surface area contributed by atoms with Crippen LogP contribution in [0, 0.1) is 12.3 Å². The zero-order valence-electron chi connectivity index (χ0n) is 12.9. The highest BCUT2D eigenvalue weighted by Gasteiger charge is 2.55. The predicted molar refractivity (Wildman–Crippen MR) is 81.4 cm³/mol. The van der Waals surface area contributed by atoms with Gasteiger partial charge in [0.1, 0.15) is 18.3 Å². The number of nitrogens with zero attached hydrogens (tertiary/aromatic N) is 3. The first kappa shape index (κ1) is 15.8. The molecule has 0 aromatic heterocycles. The van der Waals surface area contributed by atoms with Gasteiger partial charge in [0.15, 0.2) is 12.1 Å². The molecule has 2 aliphatic rings. The summed E-state index contributed by atoms with van der Waals surface area (Å²) in [7, 11) is 0. The molecule has 2 aliphatic heterocycles. The number of fused-ring (bicyclic) bond motifs is 1. The summed E-state index contributed by atoms with van der Waals surface area (Å²) in [6.07, 6.45) is 3.58. The molecule has 0 radical (unpaired) electrons. The molecule has 23 heavy (non-hydrogen) atoms. The monoisotopic (exact) mass is 315 g/mol. The molecule has 1 aromatic carbocycles. The van der Waals surface area contributed by atoms with Crippen molar-refractivity contribution >= 4 is 5.69 Å². The van der Waals surface area contributed by atoms with Crippen LogP contribution < -0.4 is 0 Å². The molecule has 2 fully saturated rings. The molecular formula is C16H17N3O4. The van der Waals surface area contributed by atoms with Gasteiger partial charge in [-0.25, -0.2) is 0 Å². The number of hydrogen-bond donors (Lipinski definition) is 0. The SMILES string of the molecule is C#C[C@H]1O[C@@H]2OC(C)(C)O[C@@H]2[C@@H]1OCc1ccccc1N=[N+]=[N-]. The topological polar surface area (TPSA) is 85.7 Å². The van der Waals surface area contributed by atoms with Crippen LogP contribution in [-0.2, 0) is 25.6 Å². The Hall–Kier alpha value is -2.07. The lowest BCUT2D eigenvalue weighted by Gasteiger charge is -2.23. The highest BCUT2D eigenvalue weighted by atomic mass is 16.8. The second-order valence-electron chi connectivity index (χ2n) is 5.79. The highest BCUT2D eigenvalue weighted by Crippen LogP contribution is 2.39. The molecule has 0 unspecified atom stereocenters. The first-order chi connectivity index (χ1) is 11.0. The van der Waals surface area contributed by atoms with E-state index in [0.717, 1.165) is 5.56 Å². The Labute approximate surface area is 134 Å². The molecule has 2 saturated heterocycles. The number of benzene rings is 1. The van der Waals surface area contributed by atoms with E-state index in [4.69, 9.17) is 30.9 Å². The molecule has 0 bridgehead atoms. The molecule has 3 rings (SSSR count). The number of terminal acetylenes is 1. The van der Waals surface area contributed by atoms with Crippen molar-refractivity contribution in [2.75, 3.05) is 0 Å². The maximum Gasteiger partial charge on any atom is 0.191 e. The van der Waals surface area contributed by atoms with Gasteiger partial charge in [0.25, 0.3) is 0 Å². The van der Waals surface area contributed by atoms with E-state index in [0.29, 0.717) is 5.69 Å². The molecule has 0 spiro atoms. The highest BCUT2D eigenvalue weighted by molar-refractivity contribution is 5.45. The Balaban J connectivity index is 1.74. The van der Waals surface area contributed by atoms with Gasteiger partial charge >= 0.3 is 0 Å². The van der Waals surface area contributed by atoms with Gasteiger partial charge in [-0.15, -0.1) is 6.42 Å². The predicted octanol–water partition coefficient (Wildman–Crippen LogP) is 3.02. The molecule has 2 heterocycles. The second kappa shape index (κ2) is 6.20. The lowest BCUT2D eigenvalue weighted by molar-refractivity contribution is -0.211. The minimum absolute atomic E-state index is 0.231.